The largest absolute Gasteiger partial charge is 0.433 e. The van der Waals surface area contributed by atoms with Crippen molar-refractivity contribution in [1.82, 2.24) is 19.5 Å². The first kappa shape index (κ1) is 19.0. The SMILES string of the molecule is O=S(=O)(c1ccc(C(F)(F)F)nc1)N1[C@H]2c3cn[nH]c3C[C@@H]1c1cccc(C3CC3)c12. The van der Waals surface area contributed by atoms with Crippen LogP contribution in [0.2, 0.25) is 0 Å². The Kier molecular flexibility index (Phi) is 3.78. The lowest BCUT2D eigenvalue weighted by atomic mass is 9.93. The van der Waals surface area contributed by atoms with Gasteiger partial charge in [-0.05, 0) is 47.6 Å². The number of aromatic amines is 1. The van der Waals surface area contributed by atoms with Crippen molar-refractivity contribution in [3.05, 3.63) is 76.4 Å². The number of nitrogens with zero attached hydrogens (tertiary/aromatic N) is 3. The second kappa shape index (κ2) is 6.17. The van der Waals surface area contributed by atoms with E-state index in [1.807, 2.05) is 12.1 Å². The molecule has 2 atom stereocenters. The summed E-state index contributed by atoms with van der Waals surface area (Å²) in [6, 6.07) is 6.68. The number of hydrogen-bond acceptors (Lipinski definition) is 4. The minimum absolute atomic E-state index is 0.247. The van der Waals surface area contributed by atoms with Gasteiger partial charge in [-0.2, -0.15) is 22.6 Å². The zero-order valence-electron chi connectivity index (χ0n) is 16.1. The van der Waals surface area contributed by atoms with E-state index >= 15 is 0 Å². The second-order valence-electron chi connectivity index (χ2n) is 8.26. The summed E-state index contributed by atoms with van der Waals surface area (Å²) in [6.45, 7) is 0. The number of benzene rings is 1. The van der Waals surface area contributed by atoms with Crippen molar-refractivity contribution in [3.63, 3.8) is 0 Å². The van der Waals surface area contributed by atoms with E-state index in [-0.39, 0.29) is 4.90 Å². The van der Waals surface area contributed by atoms with Crippen LogP contribution in [0.5, 0.6) is 0 Å². The number of alkyl halides is 3. The minimum atomic E-state index is -4.63. The lowest BCUT2D eigenvalue weighted by Crippen LogP contribution is -2.37. The third kappa shape index (κ3) is 2.71. The van der Waals surface area contributed by atoms with E-state index < -0.39 is 34.0 Å². The van der Waals surface area contributed by atoms with Crippen LogP contribution in [0.4, 0.5) is 13.2 Å². The van der Waals surface area contributed by atoms with Gasteiger partial charge in [0.1, 0.15) is 10.6 Å². The van der Waals surface area contributed by atoms with Crippen LogP contribution in [0.3, 0.4) is 0 Å². The number of hydrogen-bond donors (Lipinski definition) is 1. The van der Waals surface area contributed by atoms with Gasteiger partial charge in [-0.3, -0.25) is 10.1 Å². The van der Waals surface area contributed by atoms with E-state index in [4.69, 9.17) is 0 Å². The summed E-state index contributed by atoms with van der Waals surface area (Å²) >= 11 is 0. The summed E-state index contributed by atoms with van der Waals surface area (Å²) in [6.07, 6.45) is 0.397. The van der Waals surface area contributed by atoms with Crippen molar-refractivity contribution >= 4 is 10.0 Å². The van der Waals surface area contributed by atoms with Crippen molar-refractivity contribution in [3.8, 4) is 0 Å². The van der Waals surface area contributed by atoms with E-state index in [1.54, 1.807) is 6.20 Å². The highest BCUT2D eigenvalue weighted by atomic mass is 32.2. The fourth-order valence-electron chi connectivity index (χ4n) is 4.94. The molecule has 6 rings (SSSR count). The van der Waals surface area contributed by atoms with Gasteiger partial charge in [-0.15, -0.1) is 0 Å². The molecule has 1 aliphatic carbocycles. The van der Waals surface area contributed by atoms with Gasteiger partial charge >= 0.3 is 6.18 Å². The highest BCUT2D eigenvalue weighted by molar-refractivity contribution is 7.89. The van der Waals surface area contributed by atoms with Gasteiger partial charge in [0, 0.05) is 23.9 Å². The molecule has 0 spiro atoms. The summed E-state index contributed by atoms with van der Waals surface area (Å²) in [5, 5.41) is 7.11. The Balaban J connectivity index is 1.51. The average molecular weight is 446 g/mol. The number of aromatic nitrogens is 3. The summed E-state index contributed by atoms with van der Waals surface area (Å²) in [7, 11) is -4.11. The molecule has 1 fully saturated rings. The minimum Gasteiger partial charge on any atom is -0.282 e. The van der Waals surface area contributed by atoms with Crippen LogP contribution >= 0.6 is 0 Å². The number of rotatable bonds is 3. The van der Waals surface area contributed by atoms with E-state index in [0.717, 1.165) is 53.1 Å². The second-order valence-corrected chi connectivity index (χ2v) is 10.1. The van der Waals surface area contributed by atoms with E-state index in [1.165, 1.54) is 4.31 Å². The molecule has 2 aliphatic heterocycles. The van der Waals surface area contributed by atoms with Crippen LogP contribution in [-0.2, 0) is 22.6 Å². The maximum Gasteiger partial charge on any atom is 0.433 e. The fourth-order valence-corrected chi connectivity index (χ4v) is 6.63. The molecule has 31 heavy (non-hydrogen) atoms. The molecule has 10 heteroatoms. The molecule has 6 nitrogen and oxygen atoms in total. The van der Waals surface area contributed by atoms with E-state index in [2.05, 4.69) is 21.2 Å². The van der Waals surface area contributed by atoms with Gasteiger partial charge in [-0.1, -0.05) is 18.2 Å². The Morgan fingerprint density at radius 1 is 1.03 bits per heavy atom. The Bertz CT molecular complexity index is 1300. The van der Waals surface area contributed by atoms with Crippen LogP contribution < -0.4 is 0 Å². The summed E-state index contributed by atoms with van der Waals surface area (Å²) in [5.41, 5.74) is 3.69. The van der Waals surface area contributed by atoms with E-state index in [9.17, 15) is 21.6 Å². The third-order valence-electron chi connectivity index (χ3n) is 6.43. The number of nitrogens with one attached hydrogen (secondary N) is 1. The van der Waals surface area contributed by atoms with Crippen molar-refractivity contribution < 1.29 is 21.6 Å². The average Bonchev–Trinajstić information content (AvgIpc) is 3.42. The number of sulfonamides is 1. The van der Waals surface area contributed by atoms with Gasteiger partial charge in [0.15, 0.2) is 0 Å². The molecule has 4 heterocycles. The summed E-state index contributed by atoms with van der Waals surface area (Å²) in [5.74, 6) is 0.418. The van der Waals surface area contributed by atoms with Gasteiger partial charge in [0.05, 0.1) is 18.3 Å². The molecular weight excluding hydrogens is 429 g/mol. The topological polar surface area (TPSA) is 79.0 Å². The zero-order chi connectivity index (χ0) is 21.5. The van der Waals surface area contributed by atoms with Crippen molar-refractivity contribution in [2.75, 3.05) is 0 Å². The standard InChI is InChI=1S/C21H17F3N4O2S/c22-21(23,24)18-7-6-12(9-25-18)31(29,30)28-17-8-16-15(10-26-27-16)20(28)19-13(11-4-5-11)2-1-3-14(17)19/h1-3,6-7,9-11,17,20H,4-5,8H2,(H,26,27)/t17-,20+/m1/s1. The van der Waals surface area contributed by atoms with Gasteiger partial charge in [-0.25, -0.2) is 8.42 Å². The van der Waals surface area contributed by atoms with E-state index in [0.29, 0.717) is 18.4 Å². The smallest absolute Gasteiger partial charge is 0.282 e. The molecule has 3 aromatic rings. The van der Waals surface area contributed by atoms with Crippen LogP contribution in [0.25, 0.3) is 0 Å². The van der Waals surface area contributed by atoms with Crippen LogP contribution in [0.1, 0.15) is 64.5 Å². The molecule has 160 valence electrons. The van der Waals surface area contributed by atoms with Crippen molar-refractivity contribution in [2.45, 2.75) is 48.3 Å². The van der Waals surface area contributed by atoms with Crippen molar-refractivity contribution in [2.24, 2.45) is 0 Å². The normalized spacial score (nSPS) is 22.9. The number of halogens is 3. The lowest BCUT2D eigenvalue weighted by molar-refractivity contribution is -0.141. The van der Waals surface area contributed by atoms with Gasteiger partial charge < -0.3 is 0 Å². The Morgan fingerprint density at radius 3 is 2.48 bits per heavy atom. The highest BCUT2D eigenvalue weighted by Crippen LogP contribution is 2.57. The first-order chi connectivity index (χ1) is 14.8. The summed E-state index contributed by atoms with van der Waals surface area (Å²) in [4.78, 5) is 3.12. The Morgan fingerprint density at radius 2 is 1.81 bits per heavy atom. The first-order valence-corrected chi connectivity index (χ1v) is 11.4. The van der Waals surface area contributed by atoms with Crippen LogP contribution in [-0.4, -0.2) is 27.9 Å². The Labute approximate surface area is 176 Å². The lowest BCUT2D eigenvalue weighted by Gasteiger charge is -2.33. The Hall–Kier alpha value is -2.72. The third-order valence-corrected chi connectivity index (χ3v) is 8.29. The predicted octanol–water partition coefficient (Wildman–Crippen LogP) is 4.09. The summed E-state index contributed by atoms with van der Waals surface area (Å²) < 4.78 is 67.5. The van der Waals surface area contributed by atoms with Gasteiger partial charge in [0.25, 0.3) is 0 Å². The molecule has 0 amide bonds. The molecule has 0 unspecified atom stereocenters. The molecule has 1 saturated carbocycles. The monoisotopic (exact) mass is 446 g/mol. The quantitative estimate of drug-likeness (QED) is 0.657. The molecule has 1 N–H and O–H groups in total. The molecule has 3 aliphatic rings. The molecule has 2 bridgehead atoms. The maximum absolute atomic E-state index is 13.7. The molecule has 1 aromatic carbocycles. The zero-order valence-corrected chi connectivity index (χ0v) is 16.9. The molecule has 0 saturated heterocycles. The molecule has 2 aromatic heterocycles. The maximum atomic E-state index is 13.7. The predicted molar refractivity (Wildman–Crippen MR) is 104 cm³/mol. The number of fused-ring (bicyclic) bond motifs is 7. The van der Waals surface area contributed by atoms with Crippen molar-refractivity contribution in [1.29, 1.82) is 0 Å². The van der Waals surface area contributed by atoms with Gasteiger partial charge in [0.2, 0.25) is 10.0 Å². The number of pyridine rings is 1. The number of H-pyrrole nitrogens is 1. The highest BCUT2D eigenvalue weighted by Gasteiger charge is 2.52. The fraction of sp³-hybridized carbons (Fsp3) is 0.333. The van der Waals surface area contributed by atoms with Crippen LogP contribution in [0, 0.1) is 0 Å². The van der Waals surface area contributed by atoms with Crippen LogP contribution in [0.15, 0.2) is 47.6 Å². The first-order valence-electron chi connectivity index (χ1n) is 9.98. The molecular formula is C21H17F3N4O2S. The molecule has 0 radical (unpaired) electrons.